The summed E-state index contributed by atoms with van der Waals surface area (Å²) in [6.07, 6.45) is 23.0. The summed E-state index contributed by atoms with van der Waals surface area (Å²) >= 11 is 0. The summed E-state index contributed by atoms with van der Waals surface area (Å²) in [6, 6.07) is 0.315. The van der Waals surface area contributed by atoms with Gasteiger partial charge in [-0.25, -0.2) is 0 Å². The number of rotatable bonds is 9. The SMILES string of the molecule is C=CCC/C(=C\C)N(C1=CCC(C2=CCCCC#C2)C=C1)C(C=C)CC. The van der Waals surface area contributed by atoms with Crippen LogP contribution in [0, 0.1) is 17.8 Å². The van der Waals surface area contributed by atoms with E-state index in [0.717, 1.165) is 38.5 Å². The van der Waals surface area contributed by atoms with Crippen LogP contribution < -0.4 is 0 Å². The summed E-state index contributed by atoms with van der Waals surface area (Å²) in [6.45, 7) is 12.3. The highest BCUT2D eigenvalue weighted by Crippen LogP contribution is 2.31. The number of allylic oxidation sites excluding steroid dienone is 8. The van der Waals surface area contributed by atoms with Gasteiger partial charge in [-0.1, -0.05) is 55.2 Å². The van der Waals surface area contributed by atoms with Gasteiger partial charge in [0.05, 0.1) is 6.04 Å². The van der Waals surface area contributed by atoms with Crippen LogP contribution in [0.5, 0.6) is 0 Å². The molecule has 0 N–H and O–H groups in total. The van der Waals surface area contributed by atoms with E-state index in [0.29, 0.717) is 12.0 Å². The van der Waals surface area contributed by atoms with Gasteiger partial charge in [-0.3, -0.25) is 0 Å². The Kier molecular flexibility index (Phi) is 8.29. The maximum Gasteiger partial charge on any atom is 0.0513 e. The molecular formula is C25H33N. The molecule has 0 bridgehead atoms. The molecule has 0 saturated carbocycles. The van der Waals surface area contributed by atoms with Gasteiger partial charge >= 0.3 is 0 Å². The van der Waals surface area contributed by atoms with Gasteiger partial charge in [-0.2, -0.15) is 0 Å². The van der Waals surface area contributed by atoms with Gasteiger partial charge in [0.15, 0.2) is 0 Å². The lowest BCUT2D eigenvalue weighted by Crippen LogP contribution is -2.32. The molecule has 0 aromatic rings. The van der Waals surface area contributed by atoms with E-state index in [4.69, 9.17) is 0 Å². The molecule has 1 nitrogen and oxygen atoms in total. The normalized spacial score (nSPS) is 20.8. The topological polar surface area (TPSA) is 3.24 Å². The first-order valence-corrected chi connectivity index (χ1v) is 10.00. The lowest BCUT2D eigenvalue weighted by molar-refractivity contribution is 0.348. The lowest BCUT2D eigenvalue weighted by atomic mass is 9.90. The molecule has 0 spiro atoms. The smallest absolute Gasteiger partial charge is 0.0513 e. The van der Waals surface area contributed by atoms with E-state index in [1.807, 2.05) is 6.08 Å². The number of nitrogens with zero attached hydrogens (tertiary/aromatic N) is 1. The molecule has 0 radical (unpaired) electrons. The van der Waals surface area contributed by atoms with Crippen LogP contribution >= 0.6 is 0 Å². The van der Waals surface area contributed by atoms with Crippen molar-refractivity contribution in [3.05, 3.63) is 72.7 Å². The summed E-state index contributed by atoms with van der Waals surface area (Å²) in [7, 11) is 0. The van der Waals surface area contributed by atoms with Crippen LogP contribution in [0.25, 0.3) is 0 Å². The predicted octanol–water partition coefficient (Wildman–Crippen LogP) is 6.70. The van der Waals surface area contributed by atoms with Crippen molar-refractivity contribution in [2.45, 2.75) is 64.8 Å². The predicted molar refractivity (Wildman–Crippen MR) is 114 cm³/mol. The fourth-order valence-electron chi connectivity index (χ4n) is 3.60. The van der Waals surface area contributed by atoms with Gasteiger partial charge < -0.3 is 4.90 Å². The minimum Gasteiger partial charge on any atom is -0.339 e. The zero-order chi connectivity index (χ0) is 18.8. The highest BCUT2D eigenvalue weighted by atomic mass is 15.2. The standard InChI is InChI=1S/C25H33N/c1-5-9-16-24(8-4)26(23(6-2)7-3)25-19-17-22(18-20-25)21-14-12-10-11-13-15-21/h5-6,8,14,17,19-20,22-23H,1-2,7,9-12,16,18H2,3-4H3/b24-8+. The molecule has 0 aromatic heterocycles. The Morgan fingerprint density at radius 1 is 1.38 bits per heavy atom. The molecule has 2 rings (SSSR count). The first kappa shape index (κ1) is 20.1. The summed E-state index contributed by atoms with van der Waals surface area (Å²) in [5.41, 5.74) is 3.93. The van der Waals surface area contributed by atoms with Crippen LogP contribution in [0.3, 0.4) is 0 Å². The third-order valence-electron chi connectivity index (χ3n) is 5.13. The van der Waals surface area contributed by atoms with Crippen molar-refractivity contribution in [2.24, 2.45) is 5.92 Å². The van der Waals surface area contributed by atoms with Crippen molar-refractivity contribution in [1.29, 1.82) is 0 Å². The fourth-order valence-corrected chi connectivity index (χ4v) is 3.60. The minimum absolute atomic E-state index is 0.315. The third kappa shape index (κ3) is 5.15. The molecule has 0 fully saturated rings. The van der Waals surface area contributed by atoms with Gasteiger partial charge in [0.25, 0.3) is 0 Å². The van der Waals surface area contributed by atoms with Crippen molar-refractivity contribution < 1.29 is 0 Å². The Morgan fingerprint density at radius 2 is 2.23 bits per heavy atom. The minimum atomic E-state index is 0.315. The molecule has 2 atom stereocenters. The second kappa shape index (κ2) is 10.7. The average Bonchev–Trinajstić information content (AvgIpc) is 2.97. The van der Waals surface area contributed by atoms with Crippen molar-refractivity contribution in [1.82, 2.24) is 4.90 Å². The number of hydrogen-bond donors (Lipinski definition) is 0. The highest BCUT2D eigenvalue weighted by Gasteiger charge is 2.22. The molecular weight excluding hydrogens is 314 g/mol. The number of hydrogen-bond acceptors (Lipinski definition) is 1. The molecule has 0 aliphatic heterocycles. The van der Waals surface area contributed by atoms with E-state index in [9.17, 15) is 0 Å². The van der Waals surface area contributed by atoms with Gasteiger partial charge in [-0.05, 0) is 51.5 Å². The Hall–Kier alpha value is -2.20. The van der Waals surface area contributed by atoms with Gasteiger partial charge in [0, 0.05) is 29.3 Å². The zero-order valence-electron chi connectivity index (χ0n) is 16.5. The van der Waals surface area contributed by atoms with E-state index in [1.54, 1.807) is 0 Å². The molecule has 26 heavy (non-hydrogen) atoms. The van der Waals surface area contributed by atoms with Crippen LogP contribution in [0.15, 0.2) is 72.7 Å². The molecule has 0 amide bonds. The molecule has 138 valence electrons. The van der Waals surface area contributed by atoms with Crippen LogP contribution in [-0.4, -0.2) is 10.9 Å². The summed E-state index contributed by atoms with van der Waals surface area (Å²) in [5, 5.41) is 0. The van der Waals surface area contributed by atoms with Crippen LogP contribution in [0.1, 0.15) is 58.8 Å². The van der Waals surface area contributed by atoms with E-state index in [2.05, 4.69) is 80.2 Å². The van der Waals surface area contributed by atoms with Crippen LogP contribution in [0.4, 0.5) is 0 Å². The van der Waals surface area contributed by atoms with Crippen molar-refractivity contribution >= 4 is 0 Å². The molecule has 0 heterocycles. The average molecular weight is 348 g/mol. The molecule has 2 aliphatic rings. The first-order valence-electron chi connectivity index (χ1n) is 10.00. The summed E-state index contributed by atoms with van der Waals surface area (Å²) < 4.78 is 0. The fraction of sp³-hybridized carbons (Fsp3) is 0.440. The van der Waals surface area contributed by atoms with Crippen molar-refractivity contribution in [2.75, 3.05) is 0 Å². The van der Waals surface area contributed by atoms with Crippen molar-refractivity contribution in [3.8, 4) is 11.8 Å². The Bertz CT molecular complexity index is 675. The Balaban J connectivity index is 2.22. The largest absolute Gasteiger partial charge is 0.339 e. The van der Waals surface area contributed by atoms with E-state index < -0.39 is 0 Å². The molecule has 0 saturated heterocycles. The van der Waals surface area contributed by atoms with Crippen LogP contribution in [0.2, 0.25) is 0 Å². The second-order valence-corrected chi connectivity index (χ2v) is 6.87. The molecule has 1 heteroatoms. The second-order valence-electron chi connectivity index (χ2n) is 6.87. The summed E-state index contributed by atoms with van der Waals surface area (Å²) in [4.78, 5) is 2.45. The Morgan fingerprint density at radius 3 is 2.85 bits per heavy atom. The maximum atomic E-state index is 4.08. The first-order chi connectivity index (χ1) is 12.7. The lowest BCUT2D eigenvalue weighted by Gasteiger charge is -2.36. The molecule has 0 aromatic carbocycles. The van der Waals surface area contributed by atoms with Gasteiger partial charge in [0.1, 0.15) is 0 Å². The maximum absolute atomic E-state index is 4.08. The monoisotopic (exact) mass is 347 g/mol. The van der Waals surface area contributed by atoms with E-state index >= 15 is 0 Å². The molecule has 2 aliphatic carbocycles. The van der Waals surface area contributed by atoms with Gasteiger partial charge in [-0.15, -0.1) is 13.2 Å². The van der Waals surface area contributed by atoms with Crippen LogP contribution in [-0.2, 0) is 0 Å². The Labute approximate surface area is 160 Å². The van der Waals surface area contributed by atoms with E-state index in [-0.39, 0.29) is 0 Å². The quantitative estimate of drug-likeness (QED) is 0.331. The summed E-state index contributed by atoms with van der Waals surface area (Å²) in [5.74, 6) is 7.11. The van der Waals surface area contributed by atoms with E-state index in [1.165, 1.54) is 23.4 Å². The third-order valence-corrected chi connectivity index (χ3v) is 5.13. The zero-order valence-corrected chi connectivity index (χ0v) is 16.5. The molecule has 2 unspecified atom stereocenters. The highest BCUT2D eigenvalue weighted by molar-refractivity contribution is 5.39. The van der Waals surface area contributed by atoms with Gasteiger partial charge in [0.2, 0.25) is 0 Å². The van der Waals surface area contributed by atoms with Crippen molar-refractivity contribution in [3.63, 3.8) is 0 Å².